The summed E-state index contributed by atoms with van der Waals surface area (Å²) in [5, 5.41) is 11.7. The molecule has 5 heteroatoms. The number of aromatic nitrogens is 3. The van der Waals surface area contributed by atoms with Crippen LogP contribution in [0.4, 0.5) is 0 Å². The van der Waals surface area contributed by atoms with Gasteiger partial charge < -0.3 is 0 Å². The molecule has 0 saturated heterocycles. The molecule has 1 N–H and O–H groups in total. The lowest BCUT2D eigenvalue weighted by atomic mass is 9.87. The molecule has 124 valence electrons. The van der Waals surface area contributed by atoms with Crippen LogP contribution in [0.15, 0.2) is 29.4 Å². The Morgan fingerprint density at radius 2 is 1.83 bits per heavy atom. The lowest BCUT2D eigenvalue weighted by molar-refractivity contribution is 0.571. The number of nitrogens with one attached hydrogen (secondary N) is 1. The van der Waals surface area contributed by atoms with Crippen LogP contribution in [0.5, 0.6) is 0 Å². The Labute approximate surface area is 143 Å². The highest BCUT2D eigenvalue weighted by atomic mass is 32.1. The van der Waals surface area contributed by atoms with Gasteiger partial charge in [-0.05, 0) is 41.6 Å². The predicted octanol–water partition coefficient (Wildman–Crippen LogP) is 5.02. The van der Waals surface area contributed by atoms with Gasteiger partial charge in [0, 0.05) is 5.92 Å². The van der Waals surface area contributed by atoms with Crippen molar-refractivity contribution in [3.63, 3.8) is 0 Å². The average molecular weight is 331 g/mol. The molecule has 0 atom stereocenters. The lowest BCUT2D eigenvalue weighted by Crippen LogP contribution is -2.10. The van der Waals surface area contributed by atoms with E-state index in [0.29, 0.717) is 10.7 Å². The van der Waals surface area contributed by atoms with Gasteiger partial charge in [0.25, 0.3) is 0 Å². The Hall–Kier alpha value is -1.75. The van der Waals surface area contributed by atoms with Gasteiger partial charge in [-0.3, -0.25) is 5.10 Å². The van der Waals surface area contributed by atoms with E-state index in [-0.39, 0.29) is 5.41 Å². The minimum Gasteiger partial charge on any atom is -0.250 e. The summed E-state index contributed by atoms with van der Waals surface area (Å²) in [5.41, 5.74) is 2.52. The van der Waals surface area contributed by atoms with Gasteiger partial charge in [-0.15, -0.1) is 0 Å². The molecule has 0 bridgehead atoms. The topological polar surface area (TPSA) is 46.0 Å². The third-order valence-corrected chi connectivity index (χ3v) is 4.39. The van der Waals surface area contributed by atoms with Gasteiger partial charge in [0.05, 0.1) is 6.21 Å². The molecule has 23 heavy (non-hydrogen) atoms. The summed E-state index contributed by atoms with van der Waals surface area (Å²) < 4.78 is 2.28. The molecule has 0 aliphatic carbocycles. The summed E-state index contributed by atoms with van der Waals surface area (Å²) in [6, 6.07) is 8.48. The fraction of sp³-hybridized carbons (Fsp3) is 0.500. The summed E-state index contributed by atoms with van der Waals surface area (Å²) in [6.07, 6.45) is 3.88. The van der Waals surface area contributed by atoms with E-state index in [1.807, 2.05) is 6.21 Å². The van der Waals surface area contributed by atoms with Gasteiger partial charge in [0.15, 0.2) is 5.82 Å². The number of hydrogen-bond acceptors (Lipinski definition) is 3. The van der Waals surface area contributed by atoms with Crippen molar-refractivity contribution in [3.05, 3.63) is 46.0 Å². The summed E-state index contributed by atoms with van der Waals surface area (Å²) >= 11 is 5.30. The maximum atomic E-state index is 5.30. The van der Waals surface area contributed by atoms with Crippen LogP contribution in [0, 0.1) is 4.77 Å². The lowest BCUT2D eigenvalue weighted by Gasteiger charge is -2.18. The van der Waals surface area contributed by atoms with Crippen LogP contribution < -0.4 is 0 Å². The molecular formula is C18H26N4S. The predicted molar refractivity (Wildman–Crippen MR) is 98.9 cm³/mol. The Bertz CT molecular complexity index is 713. The molecule has 1 aromatic heterocycles. The third kappa shape index (κ3) is 4.16. The van der Waals surface area contributed by atoms with Crippen molar-refractivity contribution in [3.8, 4) is 0 Å². The number of hydrogen-bond donors (Lipinski definition) is 1. The van der Waals surface area contributed by atoms with Gasteiger partial charge in [-0.2, -0.15) is 14.9 Å². The zero-order chi connectivity index (χ0) is 17.0. The van der Waals surface area contributed by atoms with Crippen molar-refractivity contribution in [1.29, 1.82) is 0 Å². The van der Waals surface area contributed by atoms with E-state index >= 15 is 0 Å². The van der Waals surface area contributed by atoms with Gasteiger partial charge in [-0.25, -0.2) is 0 Å². The molecule has 2 aromatic rings. The van der Waals surface area contributed by atoms with Crippen molar-refractivity contribution in [2.45, 2.75) is 58.8 Å². The molecule has 4 nitrogen and oxygen atoms in total. The van der Waals surface area contributed by atoms with E-state index in [2.05, 4.69) is 74.2 Å². The quantitative estimate of drug-likeness (QED) is 0.618. The molecule has 0 radical (unpaired) electrons. The van der Waals surface area contributed by atoms with E-state index in [4.69, 9.17) is 12.2 Å². The van der Waals surface area contributed by atoms with Crippen LogP contribution in [0.25, 0.3) is 0 Å². The standard InChI is InChI=1S/C18H26N4S/c1-6-14(7-2)16-20-21-17(23)22(16)19-12-13-8-10-15(11-9-13)18(3,4)5/h8-12,14H,6-7H2,1-5H3,(H,21,23)/b19-12-. The average Bonchev–Trinajstić information content (AvgIpc) is 2.87. The van der Waals surface area contributed by atoms with Crippen LogP contribution in [-0.4, -0.2) is 21.1 Å². The SMILES string of the molecule is CCC(CC)c1n[nH]c(=S)n1/N=C\c1ccc(C(C)(C)C)cc1. The van der Waals surface area contributed by atoms with Gasteiger partial charge in [-0.1, -0.05) is 58.9 Å². The Kier molecular flexibility index (Phi) is 5.52. The second kappa shape index (κ2) is 7.21. The first kappa shape index (κ1) is 17.6. The first-order valence-corrected chi connectivity index (χ1v) is 8.59. The highest BCUT2D eigenvalue weighted by Crippen LogP contribution is 2.22. The Morgan fingerprint density at radius 3 is 2.35 bits per heavy atom. The van der Waals surface area contributed by atoms with Gasteiger partial charge >= 0.3 is 0 Å². The number of H-pyrrole nitrogens is 1. The fourth-order valence-electron chi connectivity index (χ4n) is 2.53. The first-order valence-electron chi connectivity index (χ1n) is 8.19. The maximum absolute atomic E-state index is 5.30. The molecule has 1 aromatic carbocycles. The molecule has 1 heterocycles. The highest BCUT2D eigenvalue weighted by Gasteiger charge is 2.15. The van der Waals surface area contributed by atoms with Crippen LogP contribution in [0.2, 0.25) is 0 Å². The maximum Gasteiger partial charge on any atom is 0.216 e. The van der Waals surface area contributed by atoms with Crippen molar-refractivity contribution >= 4 is 18.4 Å². The zero-order valence-corrected chi connectivity index (χ0v) is 15.4. The van der Waals surface area contributed by atoms with Crippen LogP contribution in [0.3, 0.4) is 0 Å². The second-order valence-corrected chi connectivity index (χ2v) is 7.22. The fourth-order valence-corrected chi connectivity index (χ4v) is 2.71. The van der Waals surface area contributed by atoms with Gasteiger partial charge in [0.2, 0.25) is 4.77 Å². The molecule has 0 aliphatic heterocycles. The molecule has 0 amide bonds. The van der Waals surface area contributed by atoms with Crippen molar-refractivity contribution in [1.82, 2.24) is 14.9 Å². The highest BCUT2D eigenvalue weighted by molar-refractivity contribution is 7.71. The van der Waals surface area contributed by atoms with E-state index in [1.54, 1.807) is 4.68 Å². The molecule has 2 rings (SSSR count). The number of rotatable bonds is 5. The normalized spacial score (nSPS) is 12.4. The zero-order valence-electron chi connectivity index (χ0n) is 14.6. The smallest absolute Gasteiger partial charge is 0.216 e. The minimum atomic E-state index is 0.158. The van der Waals surface area contributed by atoms with Crippen molar-refractivity contribution < 1.29 is 0 Å². The summed E-state index contributed by atoms with van der Waals surface area (Å²) in [7, 11) is 0. The van der Waals surface area contributed by atoms with Crippen LogP contribution >= 0.6 is 12.2 Å². The monoisotopic (exact) mass is 330 g/mol. The number of nitrogens with zero attached hydrogens (tertiary/aromatic N) is 3. The van der Waals surface area contributed by atoms with Gasteiger partial charge in [0.1, 0.15) is 0 Å². The first-order chi connectivity index (χ1) is 10.9. The molecule has 0 unspecified atom stereocenters. The van der Waals surface area contributed by atoms with Crippen LogP contribution in [0.1, 0.15) is 70.3 Å². The number of aromatic amines is 1. The second-order valence-electron chi connectivity index (χ2n) is 6.83. The molecule has 0 aliphatic rings. The number of benzene rings is 1. The van der Waals surface area contributed by atoms with Crippen LogP contribution in [-0.2, 0) is 5.41 Å². The van der Waals surface area contributed by atoms with Crippen molar-refractivity contribution in [2.24, 2.45) is 5.10 Å². The van der Waals surface area contributed by atoms with Crippen molar-refractivity contribution in [2.75, 3.05) is 0 Å². The summed E-state index contributed by atoms with van der Waals surface area (Å²) in [5.74, 6) is 1.27. The molecule has 0 saturated carbocycles. The van der Waals surface area contributed by atoms with E-state index in [0.717, 1.165) is 24.2 Å². The Balaban J connectivity index is 2.27. The molecule has 0 spiro atoms. The molecule has 0 fully saturated rings. The minimum absolute atomic E-state index is 0.158. The third-order valence-electron chi connectivity index (χ3n) is 4.13. The largest absolute Gasteiger partial charge is 0.250 e. The van der Waals surface area contributed by atoms with E-state index in [9.17, 15) is 0 Å². The summed E-state index contributed by atoms with van der Waals surface area (Å²) in [4.78, 5) is 0. The van der Waals surface area contributed by atoms with E-state index < -0.39 is 0 Å². The van der Waals surface area contributed by atoms with E-state index in [1.165, 1.54) is 5.56 Å². The molecular weight excluding hydrogens is 304 g/mol. The Morgan fingerprint density at radius 1 is 1.22 bits per heavy atom. The summed E-state index contributed by atoms with van der Waals surface area (Å²) in [6.45, 7) is 10.9.